The molecule has 0 saturated heterocycles. The molecule has 3 rings (SSSR count). The Labute approximate surface area is 117 Å². The van der Waals surface area contributed by atoms with Crippen molar-refractivity contribution in [3.05, 3.63) is 35.7 Å². The van der Waals surface area contributed by atoms with Gasteiger partial charge in [-0.15, -0.1) is 0 Å². The van der Waals surface area contributed by atoms with E-state index >= 15 is 0 Å². The lowest BCUT2D eigenvalue weighted by Gasteiger charge is -2.08. The van der Waals surface area contributed by atoms with Crippen molar-refractivity contribution in [2.45, 2.75) is 25.6 Å². The van der Waals surface area contributed by atoms with Gasteiger partial charge < -0.3 is 9.36 Å². The largest absolute Gasteiger partial charge is 0.471 e. The standard InChI is InChI=1S/C13H10F3N3O2/c1-7-6-10(20-18-7)8-2-4-9(5-3-8)11-17-12(21-19-11)13(14,15)16/h2-5,10H,6H2,1H3. The van der Waals surface area contributed by atoms with Gasteiger partial charge in [0, 0.05) is 12.0 Å². The van der Waals surface area contributed by atoms with Crippen LogP contribution in [0.3, 0.4) is 0 Å². The van der Waals surface area contributed by atoms with E-state index < -0.39 is 12.1 Å². The number of halogens is 3. The van der Waals surface area contributed by atoms with Crippen molar-refractivity contribution >= 4 is 5.71 Å². The normalized spacial score (nSPS) is 18.5. The third-order valence-electron chi connectivity index (χ3n) is 3.03. The molecule has 1 aromatic carbocycles. The zero-order valence-electron chi connectivity index (χ0n) is 10.9. The molecule has 110 valence electrons. The van der Waals surface area contributed by atoms with Crippen LogP contribution >= 0.6 is 0 Å². The van der Waals surface area contributed by atoms with Crippen molar-refractivity contribution in [1.82, 2.24) is 10.1 Å². The molecule has 0 spiro atoms. The highest BCUT2D eigenvalue weighted by atomic mass is 19.4. The second kappa shape index (κ2) is 4.87. The van der Waals surface area contributed by atoms with Crippen LogP contribution in [0.1, 0.15) is 30.9 Å². The van der Waals surface area contributed by atoms with Gasteiger partial charge in [0.2, 0.25) is 5.82 Å². The first-order valence-electron chi connectivity index (χ1n) is 6.14. The molecular weight excluding hydrogens is 287 g/mol. The van der Waals surface area contributed by atoms with Crippen molar-refractivity contribution in [3.63, 3.8) is 0 Å². The molecule has 8 heteroatoms. The van der Waals surface area contributed by atoms with Crippen LogP contribution in [-0.2, 0) is 11.0 Å². The van der Waals surface area contributed by atoms with Gasteiger partial charge in [0.05, 0.1) is 5.71 Å². The van der Waals surface area contributed by atoms with Gasteiger partial charge in [-0.05, 0) is 12.5 Å². The van der Waals surface area contributed by atoms with Crippen molar-refractivity contribution < 1.29 is 22.5 Å². The molecule has 1 aliphatic rings. The minimum Gasteiger partial charge on any atom is -0.387 e. The maximum absolute atomic E-state index is 12.4. The van der Waals surface area contributed by atoms with E-state index in [1.165, 1.54) is 0 Å². The van der Waals surface area contributed by atoms with Crippen LogP contribution in [0.5, 0.6) is 0 Å². The molecule has 5 nitrogen and oxygen atoms in total. The second-order valence-electron chi connectivity index (χ2n) is 4.67. The predicted octanol–water partition coefficient (Wildman–Crippen LogP) is 3.59. The van der Waals surface area contributed by atoms with E-state index in [1.54, 1.807) is 24.3 Å². The smallest absolute Gasteiger partial charge is 0.387 e. The molecule has 0 N–H and O–H groups in total. The van der Waals surface area contributed by atoms with Crippen LogP contribution < -0.4 is 0 Å². The highest BCUT2D eigenvalue weighted by molar-refractivity contribution is 5.83. The number of alkyl halides is 3. The van der Waals surface area contributed by atoms with Crippen molar-refractivity contribution in [1.29, 1.82) is 0 Å². The number of rotatable bonds is 2. The lowest BCUT2D eigenvalue weighted by molar-refractivity contribution is -0.159. The van der Waals surface area contributed by atoms with E-state index in [4.69, 9.17) is 4.84 Å². The average molecular weight is 297 g/mol. The summed E-state index contributed by atoms with van der Waals surface area (Å²) in [5.74, 6) is -1.46. The predicted molar refractivity (Wildman–Crippen MR) is 66.3 cm³/mol. The van der Waals surface area contributed by atoms with Crippen LogP contribution in [0.25, 0.3) is 11.4 Å². The van der Waals surface area contributed by atoms with Crippen molar-refractivity contribution in [3.8, 4) is 11.4 Å². The van der Waals surface area contributed by atoms with Crippen LogP contribution in [0, 0.1) is 0 Å². The zero-order valence-corrected chi connectivity index (χ0v) is 10.9. The summed E-state index contributed by atoms with van der Waals surface area (Å²) in [6.07, 6.45) is -4.10. The van der Waals surface area contributed by atoms with Gasteiger partial charge in [-0.3, -0.25) is 0 Å². The van der Waals surface area contributed by atoms with Gasteiger partial charge in [-0.1, -0.05) is 34.6 Å². The maximum atomic E-state index is 12.4. The first-order valence-corrected chi connectivity index (χ1v) is 6.14. The first-order chi connectivity index (χ1) is 9.93. The molecule has 2 aromatic rings. The van der Waals surface area contributed by atoms with E-state index in [0.29, 0.717) is 12.0 Å². The van der Waals surface area contributed by atoms with Crippen LogP contribution in [0.15, 0.2) is 33.9 Å². The molecule has 0 saturated carbocycles. The quantitative estimate of drug-likeness (QED) is 0.849. The number of aromatic nitrogens is 2. The van der Waals surface area contributed by atoms with Gasteiger partial charge >= 0.3 is 12.1 Å². The molecule has 1 atom stereocenters. The monoisotopic (exact) mass is 297 g/mol. The molecular formula is C13H10F3N3O2. The molecule has 0 fully saturated rings. The number of hydrogen-bond acceptors (Lipinski definition) is 5. The average Bonchev–Trinajstić information content (AvgIpc) is 3.07. The summed E-state index contributed by atoms with van der Waals surface area (Å²) in [5.41, 5.74) is 2.23. The highest BCUT2D eigenvalue weighted by Crippen LogP contribution is 2.31. The summed E-state index contributed by atoms with van der Waals surface area (Å²) in [4.78, 5) is 8.57. The van der Waals surface area contributed by atoms with Gasteiger partial charge in [0.15, 0.2) is 6.10 Å². The SMILES string of the molecule is CC1=NOC(c2ccc(-c3noc(C(F)(F)F)n3)cc2)C1. The highest BCUT2D eigenvalue weighted by Gasteiger charge is 2.38. The Morgan fingerprint density at radius 2 is 1.90 bits per heavy atom. The summed E-state index contributed by atoms with van der Waals surface area (Å²) in [6, 6.07) is 6.74. The topological polar surface area (TPSA) is 60.5 Å². The molecule has 1 aliphatic heterocycles. The number of benzene rings is 1. The summed E-state index contributed by atoms with van der Waals surface area (Å²) in [5, 5.41) is 7.19. The Morgan fingerprint density at radius 1 is 1.19 bits per heavy atom. The zero-order chi connectivity index (χ0) is 15.0. The van der Waals surface area contributed by atoms with E-state index in [-0.39, 0.29) is 11.9 Å². The van der Waals surface area contributed by atoms with Crippen LogP contribution in [0.4, 0.5) is 13.2 Å². The molecule has 21 heavy (non-hydrogen) atoms. The van der Waals surface area contributed by atoms with Crippen molar-refractivity contribution in [2.24, 2.45) is 5.16 Å². The molecule has 1 aromatic heterocycles. The van der Waals surface area contributed by atoms with Gasteiger partial charge in [-0.2, -0.15) is 18.2 Å². The Balaban J connectivity index is 1.80. The molecule has 0 bridgehead atoms. The summed E-state index contributed by atoms with van der Waals surface area (Å²) in [7, 11) is 0. The Bertz CT molecular complexity index is 677. The van der Waals surface area contributed by atoms with E-state index in [1.807, 2.05) is 6.92 Å². The fraction of sp³-hybridized carbons (Fsp3) is 0.308. The Kier molecular flexibility index (Phi) is 3.15. The first kappa shape index (κ1) is 13.6. The minimum atomic E-state index is -4.64. The lowest BCUT2D eigenvalue weighted by atomic mass is 10.0. The Morgan fingerprint density at radius 3 is 2.43 bits per heavy atom. The van der Waals surface area contributed by atoms with E-state index in [9.17, 15) is 13.2 Å². The number of hydrogen-bond donors (Lipinski definition) is 0. The van der Waals surface area contributed by atoms with Crippen LogP contribution in [-0.4, -0.2) is 15.9 Å². The molecule has 0 radical (unpaired) electrons. The Hall–Kier alpha value is -2.38. The van der Waals surface area contributed by atoms with Crippen LogP contribution in [0.2, 0.25) is 0 Å². The molecule has 1 unspecified atom stereocenters. The van der Waals surface area contributed by atoms with Gasteiger partial charge in [0.1, 0.15) is 0 Å². The molecule has 0 aliphatic carbocycles. The number of oxime groups is 1. The second-order valence-corrected chi connectivity index (χ2v) is 4.67. The van der Waals surface area contributed by atoms with Gasteiger partial charge in [0.25, 0.3) is 0 Å². The van der Waals surface area contributed by atoms with E-state index in [2.05, 4.69) is 19.8 Å². The number of nitrogens with zero attached hydrogens (tertiary/aromatic N) is 3. The fourth-order valence-corrected chi connectivity index (χ4v) is 1.98. The third-order valence-corrected chi connectivity index (χ3v) is 3.03. The fourth-order valence-electron chi connectivity index (χ4n) is 1.98. The summed E-state index contributed by atoms with van der Waals surface area (Å²) >= 11 is 0. The summed E-state index contributed by atoms with van der Waals surface area (Å²) in [6.45, 7) is 1.87. The maximum Gasteiger partial charge on any atom is 0.471 e. The van der Waals surface area contributed by atoms with Crippen molar-refractivity contribution in [2.75, 3.05) is 0 Å². The van der Waals surface area contributed by atoms with E-state index in [0.717, 1.165) is 11.3 Å². The lowest BCUT2D eigenvalue weighted by Crippen LogP contribution is -2.04. The molecule has 0 amide bonds. The molecule has 2 heterocycles. The minimum absolute atomic E-state index is 0.103. The van der Waals surface area contributed by atoms with Gasteiger partial charge in [-0.25, -0.2) is 0 Å². The third kappa shape index (κ3) is 2.74. The summed E-state index contributed by atoms with van der Waals surface area (Å²) < 4.78 is 41.4.